The van der Waals surface area contributed by atoms with Gasteiger partial charge in [-0.25, -0.2) is 19.7 Å². The van der Waals surface area contributed by atoms with Gasteiger partial charge in [-0.15, -0.1) is 11.3 Å². The highest BCUT2D eigenvalue weighted by atomic mass is 79.9. The van der Waals surface area contributed by atoms with Gasteiger partial charge in [-0.1, -0.05) is 27.5 Å². The van der Waals surface area contributed by atoms with Crippen molar-refractivity contribution in [1.29, 1.82) is 0 Å². The minimum Gasteiger partial charge on any atom is -0.391 e. The summed E-state index contributed by atoms with van der Waals surface area (Å²) in [6.45, 7) is 0.399. The third-order valence-electron chi connectivity index (χ3n) is 3.66. The van der Waals surface area contributed by atoms with E-state index in [4.69, 9.17) is 21.5 Å². The fraction of sp³-hybridized carbons (Fsp3) is 0.176. The highest BCUT2D eigenvalue weighted by Gasteiger charge is 2.25. The van der Waals surface area contributed by atoms with E-state index in [0.717, 1.165) is 22.7 Å². The number of aliphatic hydroxyl groups excluding tert-OH is 1. The molecule has 1 unspecified atom stereocenters. The summed E-state index contributed by atoms with van der Waals surface area (Å²) in [5.74, 6) is -3.57. The average molecular weight is 491 g/mol. The molecule has 3 rings (SSSR count). The van der Waals surface area contributed by atoms with Crippen LogP contribution >= 0.6 is 38.9 Å². The van der Waals surface area contributed by atoms with Crippen molar-refractivity contribution in [2.45, 2.75) is 12.7 Å². The number of carbonyl (C=O) groups is 1. The van der Waals surface area contributed by atoms with Gasteiger partial charge in [-0.05, 0) is 31.2 Å². The first-order valence-corrected chi connectivity index (χ1v) is 9.86. The maximum atomic E-state index is 15.1. The Kier molecular flexibility index (Phi) is 6.18. The predicted octanol–water partition coefficient (Wildman–Crippen LogP) is 3.96. The van der Waals surface area contributed by atoms with Gasteiger partial charge in [0.2, 0.25) is 5.79 Å². The number of fused-ring (bicyclic) bond motifs is 1. The monoisotopic (exact) mass is 489 g/mol. The van der Waals surface area contributed by atoms with Crippen LogP contribution in [0.2, 0.25) is 5.02 Å². The molecule has 7 nitrogen and oxygen atoms in total. The van der Waals surface area contributed by atoms with Crippen LogP contribution in [0.3, 0.4) is 0 Å². The summed E-state index contributed by atoms with van der Waals surface area (Å²) >= 11 is 10.6. The molecule has 0 aliphatic rings. The Balaban J connectivity index is 2.03. The van der Waals surface area contributed by atoms with E-state index in [9.17, 15) is 9.90 Å². The number of aromatic nitrogens is 1. The standard InChI is InChI=1S/C17H14BrClFN3O4S/c1-17(26,6-24)27-23-16(25)9-5-12-15(21-7-28-12)13(20)14(9)22-11-3-2-8(18)4-10(11)19/h2-5,7,22,24,26H,6H2,1H3,(H,23,25). The Morgan fingerprint density at radius 3 is 2.89 bits per heavy atom. The molecule has 0 radical (unpaired) electrons. The molecule has 1 atom stereocenters. The Morgan fingerprint density at radius 1 is 1.46 bits per heavy atom. The lowest BCUT2D eigenvalue weighted by Crippen LogP contribution is -2.41. The number of benzene rings is 2. The summed E-state index contributed by atoms with van der Waals surface area (Å²) in [6.07, 6.45) is 0. The molecule has 1 aromatic heterocycles. The number of amides is 1. The van der Waals surface area contributed by atoms with E-state index in [0.29, 0.717) is 15.4 Å². The zero-order valence-corrected chi connectivity index (χ0v) is 17.5. The van der Waals surface area contributed by atoms with Crippen LogP contribution < -0.4 is 10.8 Å². The van der Waals surface area contributed by atoms with Crippen LogP contribution in [-0.4, -0.2) is 33.5 Å². The molecule has 1 heterocycles. The number of hydrogen-bond acceptors (Lipinski definition) is 7. The lowest BCUT2D eigenvalue weighted by molar-refractivity contribution is -0.235. The van der Waals surface area contributed by atoms with Gasteiger partial charge in [0.1, 0.15) is 5.52 Å². The van der Waals surface area contributed by atoms with Crippen molar-refractivity contribution >= 4 is 66.4 Å². The van der Waals surface area contributed by atoms with Crippen molar-refractivity contribution in [3.05, 3.63) is 50.7 Å². The molecule has 2 aromatic carbocycles. The molecule has 0 spiro atoms. The Hall–Kier alpha value is -1.82. The molecule has 0 aliphatic heterocycles. The molecule has 28 heavy (non-hydrogen) atoms. The number of halogens is 3. The van der Waals surface area contributed by atoms with Crippen molar-refractivity contribution in [2.24, 2.45) is 0 Å². The van der Waals surface area contributed by atoms with Gasteiger partial charge in [-0.2, -0.15) is 0 Å². The quantitative estimate of drug-likeness (QED) is 0.308. The summed E-state index contributed by atoms with van der Waals surface area (Å²) in [5.41, 5.74) is 3.68. The molecule has 3 aromatic rings. The molecule has 0 bridgehead atoms. The van der Waals surface area contributed by atoms with E-state index < -0.39 is 24.1 Å². The summed E-state index contributed by atoms with van der Waals surface area (Å²) < 4.78 is 16.3. The molecule has 0 aliphatic carbocycles. The summed E-state index contributed by atoms with van der Waals surface area (Å²) in [5, 5.41) is 21.8. The second kappa shape index (κ2) is 8.27. The molecule has 11 heteroatoms. The molecular formula is C17H14BrClFN3O4S. The van der Waals surface area contributed by atoms with Crippen LogP contribution in [-0.2, 0) is 4.84 Å². The molecule has 0 fully saturated rings. The van der Waals surface area contributed by atoms with Crippen molar-refractivity contribution in [1.82, 2.24) is 10.5 Å². The fourth-order valence-corrected chi connectivity index (χ4v) is 3.66. The van der Waals surface area contributed by atoms with Gasteiger partial charge >= 0.3 is 0 Å². The van der Waals surface area contributed by atoms with Crippen LogP contribution in [0.15, 0.2) is 34.2 Å². The molecule has 0 saturated heterocycles. The highest BCUT2D eigenvalue weighted by Crippen LogP contribution is 2.35. The molecular weight excluding hydrogens is 477 g/mol. The number of aliphatic hydroxyl groups is 2. The second-order valence-electron chi connectivity index (χ2n) is 5.93. The maximum Gasteiger partial charge on any atom is 0.277 e. The lowest BCUT2D eigenvalue weighted by atomic mass is 10.1. The van der Waals surface area contributed by atoms with E-state index in [1.807, 2.05) is 5.48 Å². The van der Waals surface area contributed by atoms with Crippen molar-refractivity contribution in [3.63, 3.8) is 0 Å². The SMILES string of the molecule is CC(O)(CO)ONC(=O)c1cc2scnc2c(F)c1Nc1ccc(Br)cc1Cl. The highest BCUT2D eigenvalue weighted by molar-refractivity contribution is 9.10. The topological polar surface area (TPSA) is 104 Å². The van der Waals surface area contributed by atoms with Crippen LogP contribution in [0.25, 0.3) is 10.2 Å². The number of hydroxylamine groups is 1. The molecule has 4 N–H and O–H groups in total. The van der Waals surface area contributed by atoms with Crippen LogP contribution in [0.5, 0.6) is 0 Å². The lowest BCUT2D eigenvalue weighted by Gasteiger charge is -2.21. The van der Waals surface area contributed by atoms with Crippen molar-refractivity contribution in [2.75, 3.05) is 11.9 Å². The van der Waals surface area contributed by atoms with Gasteiger partial charge in [0, 0.05) is 4.47 Å². The van der Waals surface area contributed by atoms with E-state index in [2.05, 4.69) is 26.2 Å². The third kappa shape index (κ3) is 4.43. The fourth-order valence-electron chi connectivity index (χ4n) is 2.23. The minimum atomic E-state index is -1.99. The van der Waals surface area contributed by atoms with Crippen LogP contribution in [0.4, 0.5) is 15.8 Å². The van der Waals surface area contributed by atoms with E-state index >= 15 is 4.39 Å². The zero-order chi connectivity index (χ0) is 20.5. The van der Waals surface area contributed by atoms with Crippen LogP contribution in [0.1, 0.15) is 17.3 Å². The van der Waals surface area contributed by atoms with Crippen LogP contribution in [0, 0.1) is 5.82 Å². The summed E-state index contributed by atoms with van der Waals surface area (Å²) in [4.78, 5) is 21.4. The average Bonchev–Trinajstić information content (AvgIpc) is 3.12. The Morgan fingerprint density at radius 2 is 2.21 bits per heavy atom. The summed E-state index contributed by atoms with van der Waals surface area (Å²) in [7, 11) is 0. The van der Waals surface area contributed by atoms with Gasteiger partial charge in [-0.3, -0.25) is 4.79 Å². The first-order valence-electron chi connectivity index (χ1n) is 7.81. The van der Waals surface area contributed by atoms with E-state index in [-0.39, 0.29) is 16.8 Å². The molecule has 148 valence electrons. The van der Waals surface area contributed by atoms with Gasteiger partial charge in [0.25, 0.3) is 5.91 Å². The number of nitrogens with one attached hydrogen (secondary N) is 2. The van der Waals surface area contributed by atoms with Gasteiger partial charge in [0.15, 0.2) is 5.82 Å². The molecule has 0 saturated carbocycles. The number of thiazole rings is 1. The maximum absolute atomic E-state index is 15.1. The van der Waals surface area contributed by atoms with E-state index in [1.54, 1.807) is 18.2 Å². The number of nitrogens with zero attached hydrogens (tertiary/aromatic N) is 1. The van der Waals surface area contributed by atoms with Gasteiger partial charge in [0.05, 0.1) is 38.8 Å². The van der Waals surface area contributed by atoms with E-state index in [1.165, 1.54) is 11.6 Å². The normalized spacial score (nSPS) is 13.4. The first kappa shape index (κ1) is 20.9. The Labute approximate surface area is 176 Å². The number of hydrogen-bond donors (Lipinski definition) is 4. The third-order valence-corrected chi connectivity index (χ3v) is 5.24. The molecule has 1 amide bonds. The smallest absolute Gasteiger partial charge is 0.277 e. The van der Waals surface area contributed by atoms with Crippen molar-refractivity contribution < 1.29 is 24.2 Å². The number of anilines is 2. The predicted molar refractivity (Wildman–Crippen MR) is 108 cm³/mol. The summed E-state index contributed by atoms with van der Waals surface area (Å²) in [6, 6.07) is 6.38. The largest absolute Gasteiger partial charge is 0.391 e. The first-order chi connectivity index (χ1) is 13.2. The number of rotatable bonds is 6. The minimum absolute atomic E-state index is 0.0954. The zero-order valence-electron chi connectivity index (χ0n) is 14.3. The van der Waals surface area contributed by atoms with Crippen molar-refractivity contribution in [3.8, 4) is 0 Å². The van der Waals surface area contributed by atoms with Gasteiger partial charge < -0.3 is 15.5 Å². The Bertz CT molecular complexity index is 1050. The number of carbonyl (C=O) groups excluding carboxylic acids is 1. The second-order valence-corrected chi connectivity index (χ2v) is 8.14.